The van der Waals surface area contributed by atoms with Gasteiger partial charge in [0, 0.05) is 18.3 Å². The highest BCUT2D eigenvalue weighted by molar-refractivity contribution is 5.81. The first-order valence-corrected chi connectivity index (χ1v) is 7.27. The third-order valence-corrected chi connectivity index (χ3v) is 3.75. The van der Waals surface area contributed by atoms with Gasteiger partial charge in [0.1, 0.15) is 6.10 Å². The highest BCUT2D eigenvalue weighted by Crippen LogP contribution is 2.22. The summed E-state index contributed by atoms with van der Waals surface area (Å²) in [6, 6.07) is 7.82. The van der Waals surface area contributed by atoms with Crippen LogP contribution in [0.4, 0.5) is 5.69 Å². The van der Waals surface area contributed by atoms with Crippen molar-refractivity contribution in [2.75, 3.05) is 5.73 Å². The van der Waals surface area contributed by atoms with Crippen molar-refractivity contribution >= 4 is 11.6 Å². The first kappa shape index (κ1) is 14.9. The Morgan fingerprint density at radius 1 is 1.35 bits per heavy atom. The normalized spacial score (nSPS) is 22.2. The second-order valence-electron chi connectivity index (χ2n) is 5.81. The number of amides is 1. The minimum Gasteiger partial charge on any atom is -0.399 e. The van der Waals surface area contributed by atoms with Gasteiger partial charge in [-0.1, -0.05) is 12.1 Å². The van der Waals surface area contributed by atoms with Crippen LogP contribution in [0.1, 0.15) is 39.2 Å². The molecule has 1 aliphatic heterocycles. The molecule has 110 valence electrons. The molecule has 1 aliphatic rings. The molecular formula is C16H24N2O2. The fourth-order valence-electron chi connectivity index (χ4n) is 2.50. The smallest absolute Gasteiger partial charge is 0.252 e. The van der Waals surface area contributed by atoms with E-state index in [4.69, 9.17) is 10.5 Å². The molecule has 4 nitrogen and oxygen atoms in total. The summed E-state index contributed by atoms with van der Waals surface area (Å²) in [4.78, 5) is 14.5. The number of hydrogen-bond donors (Lipinski definition) is 1. The van der Waals surface area contributed by atoms with Crippen molar-refractivity contribution in [1.82, 2.24) is 4.90 Å². The highest BCUT2D eigenvalue weighted by Gasteiger charge is 2.32. The van der Waals surface area contributed by atoms with Gasteiger partial charge in [0.15, 0.2) is 0 Å². The van der Waals surface area contributed by atoms with Gasteiger partial charge in [0.2, 0.25) is 0 Å². The van der Waals surface area contributed by atoms with Crippen LogP contribution in [0, 0.1) is 0 Å². The number of carbonyl (C=O) groups is 1. The number of nitrogens with two attached hydrogens (primary N) is 1. The number of benzene rings is 1. The molecule has 2 N–H and O–H groups in total. The van der Waals surface area contributed by atoms with E-state index in [0.29, 0.717) is 6.54 Å². The Morgan fingerprint density at radius 2 is 2.00 bits per heavy atom. The van der Waals surface area contributed by atoms with E-state index in [0.717, 1.165) is 24.1 Å². The molecule has 0 aliphatic carbocycles. The monoisotopic (exact) mass is 276 g/mol. The van der Waals surface area contributed by atoms with Crippen LogP contribution < -0.4 is 5.73 Å². The van der Waals surface area contributed by atoms with Crippen LogP contribution in [-0.2, 0) is 16.1 Å². The first-order valence-electron chi connectivity index (χ1n) is 7.27. The van der Waals surface area contributed by atoms with Gasteiger partial charge in [0.05, 0.1) is 6.10 Å². The van der Waals surface area contributed by atoms with Gasteiger partial charge in [-0.15, -0.1) is 0 Å². The molecule has 0 aromatic heterocycles. The van der Waals surface area contributed by atoms with Crippen molar-refractivity contribution in [2.24, 2.45) is 0 Å². The lowest BCUT2D eigenvalue weighted by molar-refractivity contribution is -0.145. The van der Waals surface area contributed by atoms with E-state index in [1.54, 1.807) is 0 Å². The fraction of sp³-hybridized carbons (Fsp3) is 0.562. The molecule has 2 rings (SSSR count). The van der Waals surface area contributed by atoms with Crippen LogP contribution in [0.2, 0.25) is 0 Å². The fourth-order valence-corrected chi connectivity index (χ4v) is 2.50. The Kier molecular flexibility index (Phi) is 4.65. The first-order chi connectivity index (χ1) is 9.47. The quantitative estimate of drug-likeness (QED) is 0.860. The SMILES string of the molecule is CC1CCC(C(=O)N(Cc2ccc(N)cc2)C(C)C)O1. The maximum atomic E-state index is 12.6. The summed E-state index contributed by atoms with van der Waals surface area (Å²) in [7, 11) is 0. The molecular weight excluding hydrogens is 252 g/mol. The summed E-state index contributed by atoms with van der Waals surface area (Å²) in [5.74, 6) is 0.0983. The average Bonchev–Trinajstić information content (AvgIpc) is 2.83. The predicted octanol–water partition coefficient (Wildman–Crippen LogP) is 2.57. The van der Waals surface area contributed by atoms with Crippen LogP contribution in [0.3, 0.4) is 0 Å². The van der Waals surface area contributed by atoms with Crippen molar-refractivity contribution in [3.63, 3.8) is 0 Å². The van der Waals surface area contributed by atoms with E-state index in [9.17, 15) is 4.79 Å². The number of rotatable bonds is 4. The lowest BCUT2D eigenvalue weighted by atomic mass is 10.1. The standard InChI is InChI=1S/C16H24N2O2/c1-11(2)18(10-13-5-7-14(17)8-6-13)16(19)15-9-4-12(3)20-15/h5-8,11-12,15H,4,9-10,17H2,1-3H3. The number of anilines is 1. The van der Waals surface area contributed by atoms with Crippen LogP contribution in [0.5, 0.6) is 0 Å². The molecule has 1 saturated heterocycles. The van der Waals surface area contributed by atoms with Crippen LogP contribution in [0.25, 0.3) is 0 Å². The third kappa shape index (κ3) is 3.51. The third-order valence-electron chi connectivity index (χ3n) is 3.75. The van der Waals surface area contributed by atoms with Crippen LogP contribution in [0.15, 0.2) is 24.3 Å². The minimum absolute atomic E-state index is 0.0983. The Bertz CT molecular complexity index is 456. The molecule has 0 radical (unpaired) electrons. The summed E-state index contributed by atoms with van der Waals surface area (Å²) in [6.07, 6.45) is 1.70. The molecule has 0 bridgehead atoms. The zero-order valence-corrected chi connectivity index (χ0v) is 12.5. The zero-order valence-electron chi connectivity index (χ0n) is 12.5. The molecule has 1 aromatic rings. The Labute approximate surface area is 120 Å². The largest absolute Gasteiger partial charge is 0.399 e. The molecule has 4 heteroatoms. The van der Waals surface area contributed by atoms with E-state index >= 15 is 0 Å². The molecule has 2 unspecified atom stereocenters. The van der Waals surface area contributed by atoms with Gasteiger partial charge in [-0.2, -0.15) is 0 Å². The second kappa shape index (κ2) is 6.27. The number of ether oxygens (including phenoxy) is 1. The molecule has 1 aromatic carbocycles. The molecule has 1 amide bonds. The molecule has 0 spiro atoms. The molecule has 20 heavy (non-hydrogen) atoms. The summed E-state index contributed by atoms with van der Waals surface area (Å²) in [5.41, 5.74) is 7.52. The van der Waals surface area contributed by atoms with E-state index in [-0.39, 0.29) is 24.2 Å². The lowest BCUT2D eigenvalue weighted by Crippen LogP contribution is -2.42. The van der Waals surface area contributed by atoms with Crippen molar-refractivity contribution < 1.29 is 9.53 Å². The second-order valence-corrected chi connectivity index (χ2v) is 5.81. The van der Waals surface area contributed by atoms with E-state index < -0.39 is 0 Å². The summed E-state index contributed by atoms with van der Waals surface area (Å²) in [5, 5.41) is 0. The van der Waals surface area contributed by atoms with Gasteiger partial charge in [0.25, 0.3) is 5.91 Å². The van der Waals surface area contributed by atoms with Crippen molar-refractivity contribution in [1.29, 1.82) is 0 Å². The van der Waals surface area contributed by atoms with E-state index in [1.807, 2.05) is 49.9 Å². The van der Waals surface area contributed by atoms with Gasteiger partial charge < -0.3 is 15.4 Å². The summed E-state index contributed by atoms with van der Waals surface area (Å²) in [6.45, 7) is 6.69. The van der Waals surface area contributed by atoms with Crippen molar-refractivity contribution in [3.05, 3.63) is 29.8 Å². The Balaban J connectivity index is 2.06. The lowest BCUT2D eigenvalue weighted by Gasteiger charge is -2.29. The minimum atomic E-state index is -0.277. The maximum absolute atomic E-state index is 12.6. The molecule has 1 heterocycles. The van der Waals surface area contributed by atoms with E-state index in [1.165, 1.54) is 0 Å². The van der Waals surface area contributed by atoms with Gasteiger partial charge >= 0.3 is 0 Å². The Hall–Kier alpha value is -1.55. The summed E-state index contributed by atoms with van der Waals surface area (Å²) < 4.78 is 5.70. The van der Waals surface area contributed by atoms with Gasteiger partial charge in [-0.05, 0) is 51.3 Å². The maximum Gasteiger partial charge on any atom is 0.252 e. The van der Waals surface area contributed by atoms with E-state index in [2.05, 4.69) is 0 Å². The molecule has 0 saturated carbocycles. The number of hydrogen-bond acceptors (Lipinski definition) is 3. The highest BCUT2D eigenvalue weighted by atomic mass is 16.5. The number of carbonyl (C=O) groups excluding carboxylic acids is 1. The van der Waals surface area contributed by atoms with Crippen LogP contribution >= 0.6 is 0 Å². The van der Waals surface area contributed by atoms with Crippen molar-refractivity contribution in [3.8, 4) is 0 Å². The average molecular weight is 276 g/mol. The molecule has 2 atom stereocenters. The number of nitrogen functional groups attached to an aromatic ring is 1. The van der Waals surface area contributed by atoms with Gasteiger partial charge in [-0.25, -0.2) is 0 Å². The molecule has 1 fully saturated rings. The van der Waals surface area contributed by atoms with Gasteiger partial charge in [-0.3, -0.25) is 4.79 Å². The van der Waals surface area contributed by atoms with Crippen molar-refractivity contribution in [2.45, 2.75) is 58.4 Å². The Morgan fingerprint density at radius 3 is 2.50 bits per heavy atom. The number of nitrogens with zero attached hydrogens (tertiary/aromatic N) is 1. The predicted molar refractivity (Wildman–Crippen MR) is 80.1 cm³/mol. The topological polar surface area (TPSA) is 55.6 Å². The summed E-state index contributed by atoms with van der Waals surface area (Å²) >= 11 is 0. The zero-order chi connectivity index (χ0) is 14.7. The van der Waals surface area contributed by atoms with Crippen LogP contribution in [-0.4, -0.2) is 29.1 Å².